The summed E-state index contributed by atoms with van der Waals surface area (Å²) in [6.45, 7) is 0. The largest absolute Gasteiger partial charge is 0.384 e. The van der Waals surface area contributed by atoms with Crippen molar-refractivity contribution in [3.63, 3.8) is 0 Å². The second-order valence-corrected chi connectivity index (χ2v) is 3.40. The second-order valence-electron chi connectivity index (χ2n) is 2.45. The molecular formula is C9H8N2S. The van der Waals surface area contributed by atoms with Crippen molar-refractivity contribution in [2.75, 3.05) is 5.73 Å². The molecule has 0 amide bonds. The van der Waals surface area contributed by atoms with Crippen LogP contribution in [0.5, 0.6) is 0 Å². The Bertz CT molecular complexity index is 351. The normalized spacial score (nSPS) is 10.0. The SMILES string of the molecule is Nc1ccc(-c2cccs2)cn1. The lowest BCUT2D eigenvalue weighted by Gasteiger charge is -1.95. The standard InChI is InChI=1S/C9H8N2S/c10-9-4-3-7(6-11-9)8-2-1-5-12-8/h1-6H,(H2,10,11). The minimum absolute atomic E-state index is 0.565. The summed E-state index contributed by atoms with van der Waals surface area (Å²) < 4.78 is 0. The third-order valence-corrected chi connectivity index (χ3v) is 2.51. The number of aromatic nitrogens is 1. The van der Waals surface area contributed by atoms with Crippen LogP contribution in [0.3, 0.4) is 0 Å². The molecule has 0 bridgehead atoms. The number of rotatable bonds is 1. The van der Waals surface area contributed by atoms with Crippen LogP contribution in [0.1, 0.15) is 0 Å². The molecule has 0 atom stereocenters. The number of hydrogen-bond acceptors (Lipinski definition) is 3. The van der Waals surface area contributed by atoms with Crippen molar-refractivity contribution < 1.29 is 0 Å². The van der Waals surface area contributed by atoms with Crippen LogP contribution in [-0.2, 0) is 0 Å². The molecule has 2 heterocycles. The van der Waals surface area contributed by atoms with Crippen molar-refractivity contribution in [3.05, 3.63) is 35.8 Å². The fourth-order valence-corrected chi connectivity index (χ4v) is 1.71. The minimum atomic E-state index is 0.565. The number of anilines is 1. The monoisotopic (exact) mass is 176 g/mol. The highest BCUT2D eigenvalue weighted by atomic mass is 32.1. The molecule has 0 fully saturated rings. The molecule has 2 aromatic heterocycles. The van der Waals surface area contributed by atoms with E-state index in [9.17, 15) is 0 Å². The van der Waals surface area contributed by atoms with Gasteiger partial charge in [0.1, 0.15) is 5.82 Å². The summed E-state index contributed by atoms with van der Waals surface area (Å²) in [6.07, 6.45) is 1.79. The first-order chi connectivity index (χ1) is 5.86. The summed E-state index contributed by atoms with van der Waals surface area (Å²) in [5.41, 5.74) is 6.60. The van der Waals surface area contributed by atoms with Gasteiger partial charge in [0.25, 0.3) is 0 Å². The first-order valence-electron chi connectivity index (χ1n) is 3.62. The Labute approximate surface area is 74.7 Å². The topological polar surface area (TPSA) is 38.9 Å². The molecule has 0 radical (unpaired) electrons. The van der Waals surface area contributed by atoms with Crippen molar-refractivity contribution >= 4 is 17.2 Å². The Morgan fingerprint density at radius 2 is 2.17 bits per heavy atom. The van der Waals surface area contributed by atoms with Crippen LogP contribution in [-0.4, -0.2) is 4.98 Å². The van der Waals surface area contributed by atoms with Gasteiger partial charge in [0.2, 0.25) is 0 Å². The first-order valence-corrected chi connectivity index (χ1v) is 4.49. The van der Waals surface area contributed by atoms with Crippen molar-refractivity contribution in [1.29, 1.82) is 0 Å². The molecule has 2 N–H and O–H groups in total. The zero-order valence-electron chi connectivity index (χ0n) is 6.40. The Hall–Kier alpha value is -1.35. The second kappa shape index (κ2) is 2.95. The fourth-order valence-electron chi connectivity index (χ4n) is 0.994. The Morgan fingerprint density at radius 1 is 1.25 bits per heavy atom. The summed E-state index contributed by atoms with van der Waals surface area (Å²) in [5, 5.41) is 2.05. The molecular weight excluding hydrogens is 168 g/mol. The van der Waals surface area contributed by atoms with Crippen molar-refractivity contribution in [2.24, 2.45) is 0 Å². The highest BCUT2D eigenvalue weighted by molar-refractivity contribution is 7.13. The van der Waals surface area contributed by atoms with E-state index in [0.29, 0.717) is 5.82 Å². The molecule has 0 saturated carbocycles. The average molecular weight is 176 g/mol. The third kappa shape index (κ3) is 1.31. The predicted molar refractivity (Wildman–Crippen MR) is 52.0 cm³/mol. The molecule has 0 aliphatic heterocycles. The van der Waals surface area contributed by atoms with Crippen LogP contribution in [0.2, 0.25) is 0 Å². The van der Waals surface area contributed by atoms with Crippen LogP contribution in [0, 0.1) is 0 Å². The molecule has 0 spiro atoms. The summed E-state index contributed by atoms with van der Waals surface area (Å²) in [7, 11) is 0. The van der Waals surface area contributed by atoms with Gasteiger partial charge in [-0.15, -0.1) is 11.3 Å². The number of thiophene rings is 1. The van der Waals surface area contributed by atoms with E-state index in [2.05, 4.69) is 11.1 Å². The van der Waals surface area contributed by atoms with Gasteiger partial charge in [0, 0.05) is 16.6 Å². The highest BCUT2D eigenvalue weighted by Gasteiger charge is 1.96. The predicted octanol–water partition coefficient (Wildman–Crippen LogP) is 2.39. The number of nitrogens with zero attached hydrogens (tertiary/aromatic N) is 1. The molecule has 2 nitrogen and oxygen atoms in total. The van der Waals surface area contributed by atoms with Crippen molar-refractivity contribution in [1.82, 2.24) is 4.98 Å². The number of hydrogen-bond donors (Lipinski definition) is 1. The van der Waals surface area contributed by atoms with E-state index < -0.39 is 0 Å². The lowest BCUT2D eigenvalue weighted by Crippen LogP contribution is -1.87. The van der Waals surface area contributed by atoms with Crippen LogP contribution >= 0.6 is 11.3 Å². The maximum Gasteiger partial charge on any atom is 0.123 e. The molecule has 2 rings (SSSR count). The third-order valence-electron chi connectivity index (χ3n) is 1.59. The Morgan fingerprint density at radius 3 is 2.75 bits per heavy atom. The zero-order chi connectivity index (χ0) is 8.39. The van der Waals surface area contributed by atoms with Gasteiger partial charge in [-0.1, -0.05) is 6.07 Å². The number of pyridine rings is 1. The van der Waals surface area contributed by atoms with Gasteiger partial charge in [-0.25, -0.2) is 4.98 Å². The average Bonchev–Trinajstić information content (AvgIpc) is 2.58. The highest BCUT2D eigenvalue weighted by Crippen LogP contribution is 2.23. The smallest absolute Gasteiger partial charge is 0.123 e. The van der Waals surface area contributed by atoms with E-state index >= 15 is 0 Å². The molecule has 2 aromatic rings. The van der Waals surface area contributed by atoms with Crippen LogP contribution in [0.25, 0.3) is 10.4 Å². The summed E-state index contributed by atoms with van der Waals surface area (Å²) >= 11 is 1.70. The lowest BCUT2D eigenvalue weighted by atomic mass is 10.2. The van der Waals surface area contributed by atoms with E-state index in [-0.39, 0.29) is 0 Å². The Kier molecular flexibility index (Phi) is 1.80. The number of nitrogen functional groups attached to an aromatic ring is 1. The molecule has 0 saturated heterocycles. The molecule has 12 heavy (non-hydrogen) atoms. The molecule has 0 aromatic carbocycles. The van der Waals surface area contributed by atoms with Gasteiger partial charge in [-0.05, 0) is 23.6 Å². The maximum absolute atomic E-state index is 5.47. The van der Waals surface area contributed by atoms with Gasteiger partial charge in [0.15, 0.2) is 0 Å². The molecule has 60 valence electrons. The molecule has 0 unspecified atom stereocenters. The van der Waals surface area contributed by atoms with Crippen LogP contribution < -0.4 is 5.73 Å². The first kappa shape index (κ1) is 7.31. The van der Waals surface area contributed by atoms with Crippen molar-refractivity contribution in [2.45, 2.75) is 0 Å². The zero-order valence-corrected chi connectivity index (χ0v) is 7.21. The summed E-state index contributed by atoms with van der Waals surface area (Å²) in [6, 6.07) is 7.89. The van der Waals surface area contributed by atoms with Gasteiger partial charge >= 0.3 is 0 Å². The van der Waals surface area contributed by atoms with E-state index in [1.807, 2.05) is 23.6 Å². The maximum atomic E-state index is 5.47. The number of nitrogens with two attached hydrogens (primary N) is 1. The van der Waals surface area contributed by atoms with Gasteiger partial charge in [-0.3, -0.25) is 0 Å². The van der Waals surface area contributed by atoms with Crippen molar-refractivity contribution in [3.8, 4) is 10.4 Å². The van der Waals surface area contributed by atoms with Gasteiger partial charge in [0.05, 0.1) is 0 Å². The van der Waals surface area contributed by atoms with E-state index in [4.69, 9.17) is 5.73 Å². The quantitative estimate of drug-likeness (QED) is 0.724. The molecule has 0 aliphatic rings. The summed E-state index contributed by atoms with van der Waals surface area (Å²) in [4.78, 5) is 5.24. The summed E-state index contributed by atoms with van der Waals surface area (Å²) in [5.74, 6) is 0.565. The fraction of sp³-hybridized carbons (Fsp3) is 0. The van der Waals surface area contributed by atoms with Crippen LogP contribution in [0.15, 0.2) is 35.8 Å². The van der Waals surface area contributed by atoms with E-state index in [1.165, 1.54) is 4.88 Å². The minimum Gasteiger partial charge on any atom is -0.384 e. The van der Waals surface area contributed by atoms with Crippen LogP contribution in [0.4, 0.5) is 5.82 Å². The van der Waals surface area contributed by atoms with E-state index in [1.54, 1.807) is 17.5 Å². The lowest BCUT2D eigenvalue weighted by molar-refractivity contribution is 1.34. The molecule has 3 heteroatoms. The Balaban J connectivity index is 2.43. The van der Waals surface area contributed by atoms with Gasteiger partial charge < -0.3 is 5.73 Å². The van der Waals surface area contributed by atoms with Gasteiger partial charge in [-0.2, -0.15) is 0 Å². The molecule has 0 aliphatic carbocycles. The van der Waals surface area contributed by atoms with E-state index in [0.717, 1.165) is 5.56 Å².